The van der Waals surface area contributed by atoms with E-state index < -0.39 is 0 Å². The maximum absolute atomic E-state index is 4.36. The zero-order valence-electron chi connectivity index (χ0n) is 18.1. The molecule has 0 unspecified atom stereocenters. The molecule has 8 nitrogen and oxygen atoms in total. The first kappa shape index (κ1) is 29.6. The van der Waals surface area contributed by atoms with Crippen LogP contribution in [0.5, 0.6) is 0 Å². The molecular weight excluding hydrogens is 364 g/mol. The monoisotopic (exact) mass is 400 g/mol. The van der Waals surface area contributed by atoms with Gasteiger partial charge in [0.1, 0.15) is 11.0 Å². The van der Waals surface area contributed by atoms with Gasteiger partial charge >= 0.3 is 0 Å². The topological polar surface area (TPSA) is 104 Å². The van der Waals surface area contributed by atoms with Crippen LogP contribution in [-0.2, 0) is 0 Å². The van der Waals surface area contributed by atoms with Crippen LogP contribution < -0.4 is 0 Å². The lowest BCUT2D eigenvalue weighted by molar-refractivity contribution is 0.416. The lowest BCUT2D eigenvalue weighted by atomic mass is 10.3. The van der Waals surface area contributed by atoms with E-state index in [1.807, 2.05) is 0 Å². The molecular formula is C18H36N6O2S. The van der Waals surface area contributed by atoms with E-state index in [1.54, 1.807) is 11.0 Å². The highest BCUT2D eigenvalue weighted by molar-refractivity contribution is 7.07. The molecule has 0 N–H and O–H groups in total. The normalized spacial score (nSPS) is 8.44. The molecule has 9 heteroatoms. The maximum atomic E-state index is 4.36. The Morgan fingerprint density at radius 1 is 0.630 bits per heavy atom. The molecule has 0 aromatic carbocycles. The van der Waals surface area contributed by atoms with E-state index in [-0.39, 0.29) is 0 Å². The maximum Gasteiger partial charge on any atom is 0.213 e. The van der Waals surface area contributed by atoms with Gasteiger partial charge in [-0.25, -0.2) is 4.98 Å². The third-order valence-corrected chi connectivity index (χ3v) is 1.28. The highest BCUT2D eigenvalue weighted by atomic mass is 32.1. The van der Waals surface area contributed by atoms with Crippen LogP contribution in [0.15, 0.2) is 45.5 Å². The van der Waals surface area contributed by atoms with Gasteiger partial charge in [-0.2, -0.15) is 0 Å². The number of hydrogen-bond acceptors (Lipinski definition) is 9. The van der Waals surface area contributed by atoms with Crippen molar-refractivity contribution in [3.63, 3.8) is 0 Å². The first-order valence-electron chi connectivity index (χ1n) is 8.76. The van der Waals surface area contributed by atoms with Gasteiger partial charge in [0.05, 0.1) is 0 Å². The fraction of sp³-hybridized carbons (Fsp3) is 0.667. The molecule has 3 heterocycles. The van der Waals surface area contributed by atoms with E-state index >= 15 is 0 Å². The third-order valence-electron chi connectivity index (χ3n) is 0.848. The smallest absolute Gasteiger partial charge is 0.213 e. The van der Waals surface area contributed by atoms with Gasteiger partial charge in [-0.15, -0.1) is 31.7 Å². The van der Waals surface area contributed by atoms with Gasteiger partial charge in [0.25, 0.3) is 0 Å². The van der Waals surface area contributed by atoms with Gasteiger partial charge < -0.3 is 8.94 Å². The molecule has 3 aromatic heterocycles. The van der Waals surface area contributed by atoms with E-state index in [9.17, 15) is 0 Å². The summed E-state index contributed by atoms with van der Waals surface area (Å²) in [5.41, 5.74) is 3.36. The van der Waals surface area contributed by atoms with Crippen LogP contribution in [0.4, 0.5) is 0 Å². The van der Waals surface area contributed by atoms with E-state index in [2.05, 4.69) is 102 Å². The van der Waals surface area contributed by atoms with Crippen LogP contribution in [0.1, 0.15) is 62.3 Å². The van der Waals surface area contributed by atoms with Crippen LogP contribution in [0, 0.1) is 17.8 Å². The second-order valence-electron chi connectivity index (χ2n) is 6.93. The molecule has 0 fully saturated rings. The molecule has 0 aliphatic carbocycles. The lowest BCUT2D eigenvalue weighted by Gasteiger charge is -1.79. The summed E-state index contributed by atoms with van der Waals surface area (Å²) in [4.78, 5) is 3.44. The van der Waals surface area contributed by atoms with Crippen LogP contribution in [-0.4, -0.2) is 30.5 Å². The third kappa shape index (κ3) is 69.0. The predicted molar refractivity (Wildman–Crippen MR) is 110 cm³/mol. The fourth-order valence-corrected chi connectivity index (χ4v) is 0.680. The molecule has 156 valence electrons. The molecule has 0 aliphatic heterocycles. The Morgan fingerprint density at radius 2 is 1.04 bits per heavy atom. The Labute approximate surface area is 167 Å². The number of aromatic nitrogens is 6. The summed E-state index contributed by atoms with van der Waals surface area (Å²) in [5.74, 6) is 2.50. The molecule has 0 spiro atoms. The summed E-state index contributed by atoms with van der Waals surface area (Å²) in [7, 11) is 0. The number of hydrogen-bond donors (Lipinski definition) is 0. The SMILES string of the molecule is CC(C)C.CC(C)C.CC(C)C.c1ncon1.c1nnco1.c1nncs1. The molecule has 0 radical (unpaired) electrons. The molecule has 3 aromatic rings. The highest BCUT2D eigenvalue weighted by Gasteiger charge is 1.69. The van der Waals surface area contributed by atoms with Crippen LogP contribution in [0.25, 0.3) is 0 Å². The van der Waals surface area contributed by atoms with Crippen molar-refractivity contribution in [3.05, 3.63) is 36.5 Å². The van der Waals surface area contributed by atoms with Crippen molar-refractivity contribution in [3.8, 4) is 0 Å². The Kier molecular flexibility index (Phi) is 28.6. The number of rotatable bonds is 0. The molecule has 0 aliphatic rings. The first-order chi connectivity index (χ1) is 12.7. The standard InChI is InChI=1S/3C4H10.2C2H2N2O.C2H2N2S/c3*1-4(2)3;1-3-4-2-5-1;1-3-2-5-4-1;1-3-4-2-5-1/h3*4H,1-3H3;3*1-2H. The van der Waals surface area contributed by atoms with Crippen molar-refractivity contribution in [1.82, 2.24) is 30.5 Å². The van der Waals surface area contributed by atoms with Gasteiger partial charge in [0, 0.05) is 0 Å². The largest absolute Gasteiger partial charge is 0.431 e. The quantitative estimate of drug-likeness (QED) is 0.476. The average molecular weight is 401 g/mol. The van der Waals surface area contributed by atoms with Crippen LogP contribution in [0.2, 0.25) is 0 Å². The summed E-state index contributed by atoms with van der Waals surface area (Å²) < 4.78 is 8.58. The van der Waals surface area contributed by atoms with Crippen molar-refractivity contribution in [2.45, 2.75) is 62.3 Å². The Balaban J connectivity index is -0.000000258. The van der Waals surface area contributed by atoms with Crippen molar-refractivity contribution >= 4 is 11.3 Å². The predicted octanol–water partition coefficient (Wildman–Crippen LogP) is 5.66. The molecule has 0 amide bonds. The molecule has 0 atom stereocenters. The molecule has 3 rings (SSSR count). The minimum absolute atomic E-state index is 0.833. The number of nitrogens with zero attached hydrogens (tertiary/aromatic N) is 6. The van der Waals surface area contributed by atoms with Crippen LogP contribution in [0.3, 0.4) is 0 Å². The molecule has 0 bridgehead atoms. The van der Waals surface area contributed by atoms with Crippen molar-refractivity contribution in [1.29, 1.82) is 0 Å². The van der Waals surface area contributed by atoms with E-state index in [0.29, 0.717) is 0 Å². The summed E-state index contributed by atoms with van der Waals surface area (Å²) >= 11 is 1.49. The van der Waals surface area contributed by atoms with Gasteiger partial charge in [-0.3, -0.25) is 0 Å². The van der Waals surface area contributed by atoms with Gasteiger partial charge in [-0.05, 0) is 17.8 Å². The van der Waals surface area contributed by atoms with Gasteiger partial charge in [0.15, 0.2) is 6.33 Å². The van der Waals surface area contributed by atoms with Gasteiger partial charge in [0.2, 0.25) is 19.2 Å². The summed E-state index contributed by atoms with van der Waals surface area (Å²) in [6.45, 7) is 19.5. The zero-order valence-corrected chi connectivity index (χ0v) is 18.9. The first-order valence-corrected chi connectivity index (χ1v) is 9.71. The second kappa shape index (κ2) is 26.1. The van der Waals surface area contributed by atoms with Crippen molar-refractivity contribution in [2.24, 2.45) is 17.8 Å². The average Bonchev–Trinajstić information content (AvgIpc) is 3.31. The Hall–Kier alpha value is -2.16. The zero-order chi connectivity index (χ0) is 21.3. The lowest BCUT2D eigenvalue weighted by Crippen LogP contribution is -1.66. The summed E-state index contributed by atoms with van der Waals surface area (Å²) in [6.07, 6.45) is 5.12. The van der Waals surface area contributed by atoms with Crippen LogP contribution >= 0.6 is 11.3 Å². The minimum Gasteiger partial charge on any atom is -0.431 e. The van der Waals surface area contributed by atoms with Crippen molar-refractivity contribution < 1.29 is 8.94 Å². The van der Waals surface area contributed by atoms with E-state index in [0.717, 1.165) is 17.8 Å². The molecule has 0 saturated heterocycles. The summed E-state index contributed by atoms with van der Waals surface area (Å²) in [5, 5.41) is 16.8. The minimum atomic E-state index is 0.833. The highest BCUT2D eigenvalue weighted by Crippen LogP contribution is 1.82. The fourth-order valence-electron chi connectivity index (χ4n) is 0.408. The molecule has 27 heavy (non-hydrogen) atoms. The van der Waals surface area contributed by atoms with Crippen molar-refractivity contribution in [2.75, 3.05) is 0 Å². The van der Waals surface area contributed by atoms with Gasteiger partial charge in [-0.1, -0.05) is 67.5 Å². The summed E-state index contributed by atoms with van der Waals surface area (Å²) in [6, 6.07) is 0. The van der Waals surface area contributed by atoms with E-state index in [4.69, 9.17) is 0 Å². The Bertz CT molecular complexity index is 363. The second-order valence-corrected chi connectivity index (χ2v) is 7.63. The Morgan fingerprint density at radius 3 is 1.15 bits per heavy atom. The van der Waals surface area contributed by atoms with E-state index in [1.165, 1.54) is 36.8 Å². The molecule has 0 saturated carbocycles.